The van der Waals surface area contributed by atoms with Crippen LogP contribution >= 0.6 is 0 Å². The van der Waals surface area contributed by atoms with Crippen LogP contribution in [0.15, 0.2) is 216 Å². The molecule has 9 atom stereocenters. The lowest BCUT2D eigenvalue weighted by atomic mass is 10.0. The van der Waals surface area contributed by atoms with Gasteiger partial charge in [0, 0.05) is 146 Å². The molecule has 15 aromatic rings. The van der Waals surface area contributed by atoms with E-state index in [1.807, 2.05) is 129 Å². The van der Waals surface area contributed by atoms with Gasteiger partial charge in [0.15, 0.2) is 28.2 Å². The number of hydrogen-bond acceptors (Lipinski definition) is 26. The third-order valence-corrected chi connectivity index (χ3v) is 26.9. The number of nitrogens with one attached hydrogen (secondary N) is 6. The van der Waals surface area contributed by atoms with E-state index in [0.29, 0.717) is 70.8 Å². The van der Waals surface area contributed by atoms with Gasteiger partial charge >= 0.3 is 0 Å². The predicted molar refractivity (Wildman–Crippen MR) is 530 cm³/mol. The maximum absolute atomic E-state index is 14.0. The maximum atomic E-state index is 14.0. The number of hydrogen-bond donors (Lipinski definition) is 6. The van der Waals surface area contributed by atoms with Crippen molar-refractivity contribution in [2.45, 2.75) is 140 Å². The highest BCUT2D eigenvalue weighted by Crippen LogP contribution is 2.42. The zero-order valence-corrected chi connectivity index (χ0v) is 79.0. The van der Waals surface area contributed by atoms with Gasteiger partial charge in [0.05, 0.1) is 115 Å². The van der Waals surface area contributed by atoms with Crippen LogP contribution in [0.3, 0.4) is 0 Å². The Labute approximate surface area is 806 Å². The van der Waals surface area contributed by atoms with Crippen molar-refractivity contribution in [1.82, 2.24) is 103 Å². The molecule has 20 heterocycles. The van der Waals surface area contributed by atoms with Crippen molar-refractivity contribution in [3.63, 3.8) is 0 Å². The van der Waals surface area contributed by atoms with Gasteiger partial charge in [-0.3, -0.25) is 0 Å². The van der Waals surface area contributed by atoms with Crippen LogP contribution in [0.5, 0.6) is 28.7 Å². The van der Waals surface area contributed by atoms with Gasteiger partial charge in [0.2, 0.25) is 0 Å². The van der Waals surface area contributed by atoms with Crippen molar-refractivity contribution in [1.29, 1.82) is 0 Å². The normalized spacial score (nSPS) is 21.4. The van der Waals surface area contributed by atoms with Gasteiger partial charge < -0.3 is 80.1 Å². The zero-order valence-electron chi connectivity index (χ0n) is 79.0. The van der Waals surface area contributed by atoms with Gasteiger partial charge in [0.1, 0.15) is 117 Å². The first kappa shape index (κ1) is 92.2. The van der Waals surface area contributed by atoms with Gasteiger partial charge in [-0.15, -0.1) is 0 Å². The van der Waals surface area contributed by atoms with Gasteiger partial charge in [-0.25, -0.2) is 69.4 Å². The summed E-state index contributed by atoms with van der Waals surface area (Å²) in [4.78, 5) is 34.7. The summed E-state index contributed by atoms with van der Waals surface area (Å²) >= 11 is 0. The molecule has 6 N–H and O–H groups in total. The van der Waals surface area contributed by atoms with Crippen LogP contribution in [0.2, 0.25) is 0 Å². The molecule has 0 spiro atoms. The number of benzene rings is 5. The lowest BCUT2D eigenvalue weighted by molar-refractivity contribution is 0.119. The lowest BCUT2D eigenvalue weighted by Gasteiger charge is -2.35. The molecule has 18 bridgehead atoms. The average Bonchev–Trinajstić information content (AvgIpc) is 1.64. The first-order chi connectivity index (χ1) is 67.7. The molecule has 4 fully saturated rings. The fourth-order valence-corrected chi connectivity index (χ4v) is 19.4. The zero-order chi connectivity index (χ0) is 96.8. The molecular formula is C104H111F5N26O5. The molecule has 0 aliphatic carbocycles. The number of aromatic nitrogens is 15. The molecule has 0 radical (unpaired) electrons. The third kappa shape index (κ3) is 19.6. The Morgan fingerprint density at radius 3 is 0.914 bits per heavy atom. The molecule has 140 heavy (non-hydrogen) atoms. The summed E-state index contributed by atoms with van der Waals surface area (Å²) in [6, 6.07) is 31.8. The Morgan fingerprint density at radius 2 is 0.593 bits per heavy atom. The number of fused-ring (bicyclic) bond motifs is 17. The molecule has 0 amide bonds. The molecule has 25 rings (SSSR count). The second kappa shape index (κ2) is 39.2. The van der Waals surface area contributed by atoms with E-state index in [-0.39, 0.29) is 89.8 Å². The quantitative estimate of drug-likeness (QED) is 0.0877. The van der Waals surface area contributed by atoms with E-state index in [9.17, 15) is 22.0 Å². The van der Waals surface area contributed by atoms with Crippen molar-refractivity contribution in [3.8, 4) is 28.7 Å². The minimum absolute atomic E-state index is 0.0183. The molecule has 36 heteroatoms. The van der Waals surface area contributed by atoms with Crippen LogP contribution in [0.1, 0.15) is 165 Å². The first-order valence-electron chi connectivity index (χ1n) is 47.4. The summed E-state index contributed by atoms with van der Waals surface area (Å²) in [6.07, 6.45) is 24.9. The van der Waals surface area contributed by atoms with E-state index in [0.717, 1.165) is 210 Å². The standard InChI is InChI=1S/C21H25FN6O.3C21H22FN5O.C20H20FN5O/c1-13-18-11-24-28-8-7-20(26-21(18)28)25-14(2)17-9-15(22)5-6-19(17)29-16(10-23-13)12-27(3)4;1-13-17-11-15(22)3-4-19(17)28-16-5-8-26(9-6-16)14(2)18-12-23-27-10-7-20(24-13)25-21(18)27;2*1-13-17-10-15(22)5-6-19(17)28-16-4-3-8-26(12-16)14(2)18-11-23-27-9-7-20(24-13)25-21(18)27;1-12-16-9-14(21)3-4-18(16)27-15-5-7-25(11-15)13(2)17-10-22-26-8-6-19(23-12)24-20(17)26/h5-9,11,14,16,23H,1,10,12H2,2-4H3,(H,25,26);3-4,7,10-13,16H,2,5-6,8-9H2,1H3,(H,24,25);2*5-7,9-11,13,16H,2-4,8,12H2,1H3,(H,24,25);3-4,6,8-10,12,15H,2,5,7,11H2,1H3,(H,23,24)/t14-,16+;13-;13-,16+;13-,16-;12-,15+/m11111/s1. The van der Waals surface area contributed by atoms with Crippen LogP contribution in [-0.4, -0.2) is 208 Å². The van der Waals surface area contributed by atoms with Crippen molar-refractivity contribution >= 4 is 85.8 Å². The van der Waals surface area contributed by atoms with Crippen LogP contribution in [0.4, 0.5) is 51.0 Å². The van der Waals surface area contributed by atoms with Gasteiger partial charge in [-0.2, -0.15) is 25.5 Å². The summed E-state index contributed by atoms with van der Waals surface area (Å²) in [6.45, 7) is 39.1. The Balaban J connectivity index is 0.000000107. The van der Waals surface area contributed by atoms with Crippen LogP contribution in [-0.2, 0) is 0 Å². The molecule has 0 saturated carbocycles. The summed E-state index contributed by atoms with van der Waals surface area (Å²) in [5.41, 5.74) is 16.5. The summed E-state index contributed by atoms with van der Waals surface area (Å²) in [5.74, 6) is 5.53. The molecule has 5 aromatic carbocycles. The number of ether oxygens (including phenoxy) is 5. The Bertz CT molecular complexity index is 7060. The monoisotopic (exact) mass is 1900 g/mol. The number of rotatable bonds is 2. The molecule has 0 unspecified atom stereocenters. The summed E-state index contributed by atoms with van der Waals surface area (Å²) < 4.78 is 110. The summed E-state index contributed by atoms with van der Waals surface area (Å²) in [7, 11) is 3.98. The average molecular weight is 1900 g/mol. The second-order valence-electron chi connectivity index (χ2n) is 37.0. The van der Waals surface area contributed by atoms with Gasteiger partial charge in [-0.05, 0) is 196 Å². The highest BCUT2D eigenvalue weighted by atomic mass is 19.1. The second-order valence-corrected chi connectivity index (χ2v) is 37.0. The van der Waals surface area contributed by atoms with Crippen molar-refractivity contribution < 1.29 is 45.6 Å². The Kier molecular flexibility index (Phi) is 25.8. The highest BCUT2D eigenvalue weighted by Gasteiger charge is 2.35. The van der Waals surface area contributed by atoms with Gasteiger partial charge in [-0.1, -0.05) is 32.9 Å². The van der Waals surface area contributed by atoms with Gasteiger partial charge in [0.25, 0.3) is 0 Å². The van der Waals surface area contributed by atoms with Crippen molar-refractivity contribution in [3.05, 3.63) is 301 Å². The Hall–Kier alpha value is -15.5. The minimum Gasteiger partial charge on any atom is -0.490 e. The number of nitrogens with zero attached hydrogens (tertiary/aromatic N) is 20. The lowest BCUT2D eigenvalue weighted by Crippen LogP contribution is -2.40. The van der Waals surface area contributed by atoms with Crippen molar-refractivity contribution in [2.75, 3.05) is 106 Å². The van der Waals surface area contributed by atoms with Crippen LogP contribution < -0.4 is 55.6 Å². The van der Waals surface area contributed by atoms with E-state index in [2.05, 4.69) is 120 Å². The number of piperidine rings is 3. The van der Waals surface area contributed by atoms with E-state index in [1.54, 1.807) is 71.4 Å². The molecular weight excluding hydrogens is 1790 g/mol. The topological polar surface area (TPSA) is 285 Å². The predicted octanol–water partition coefficient (Wildman–Crippen LogP) is 18.0. The first-order valence-corrected chi connectivity index (χ1v) is 47.4. The molecule has 4 saturated heterocycles. The Morgan fingerprint density at radius 1 is 0.329 bits per heavy atom. The largest absolute Gasteiger partial charge is 0.490 e. The molecule has 31 nitrogen and oxygen atoms in total. The maximum Gasteiger partial charge on any atom is 0.166 e. The van der Waals surface area contributed by atoms with E-state index in [1.165, 1.54) is 54.6 Å². The SMILES string of the molecule is C=C1NC[C@@H](CN(C)C)Oc2ccc(F)cc2[C@@H](C)Nc2ccn3ncc1c3n2.C=C1c2cnn3ccc(nc23)N[C@H](C)c2cc(F)ccc2OC2CCN1CC2.C=C1c2cnn3ccc(nc23)N[C@H](C)c2cc(F)ccc2O[C@@H]2CCCN1C2.C=C1c2cnn3ccc(nc23)N[C@H](C)c2cc(F)ccc2O[C@H]2CCCN1C2.C=C1c2cnn3ccc(nc23)N[C@H](C)c2cc(F)ccc2O[C@H]2CCN1C2. The minimum atomic E-state index is -0.303. The van der Waals surface area contributed by atoms with E-state index >= 15 is 0 Å². The molecule has 10 aliphatic heterocycles. The highest BCUT2D eigenvalue weighted by molar-refractivity contribution is 5.79. The molecule has 722 valence electrons. The molecule has 10 aromatic heterocycles. The van der Waals surface area contributed by atoms with E-state index < -0.39 is 0 Å². The number of anilines is 5. The fourth-order valence-electron chi connectivity index (χ4n) is 19.4. The molecule has 10 aliphatic rings. The van der Waals surface area contributed by atoms with Crippen LogP contribution in [0, 0.1) is 29.1 Å². The number of halogens is 5. The smallest absolute Gasteiger partial charge is 0.166 e. The third-order valence-electron chi connectivity index (χ3n) is 26.9. The fraction of sp³-hybridized carbons (Fsp3) is 0.327. The van der Waals surface area contributed by atoms with Crippen molar-refractivity contribution in [2.24, 2.45) is 0 Å². The van der Waals surface area contributed by atoms with E-state index in [4.69, 9.17) is 43.6 Å². The summed E-state index contributed by atoms with van der Waals surface area (Å²) in [5, 5.41) is 42.2. The van der Waals surface area contributed by atoms with Crippen LogP contribution in [0.25, 0.3) is 56.7 Å². The number of likely N-dealkylation sites (N-methyl/N-ethyl adjacent to an activating group) is 1.